The molecule has 3 rings (SSSR count). The maximum Gasteiger partial charge on any atom is 0.262 e. The second-order valence-electron chi connectivity index (χ2n) is 6.83. The first-order valence-corrected chi connectivity index (χ1v) is 9.64. The molecule has 0 fully saturated rings. The van der Waals surface area contributed by atoms with Gasteiger partial charge in [0.1, 0.15) is 5.75 Å². The second kappa shape index (κ2) is 9.68. The predicted molar refractivity (Wildman–Crippen MR) is 113 cm³/mol. The molecule has 0 aliphatic rings. The fourth-order valence-electron chi connectivity index (χ4n) is 2.72. The molecule has 150 valence electrons. The minimum absolute atomic E-state index is 0.0485. The lowest BCUT2D eigenvalue weighted by Crippen LogP contribution is -2.20. The molecule has 0 spiro atoms. The smallest absolute Gasteiger partial charge is 0.262 e. The van der Waals surface area contributed by atoms with E-state index in [9.17, 15) is 4.79 Å². The van der Waals surface area contributed by atoms with E-state index in [0.29, 0.717) is 29.8 Å². The molecule has 6 heteroatoms. The van der Waals surface area contributed by atoms with Crippen molar-refractivity contribution >= 4 is 11.6 Å². The molecule has 2 aromatic carbocycles. The fraction of sp³-hybridized carbons (Fsp3) is 0.261. The summed E-state index contributed by atoms with van der Waals surface area (Å²) >= 11 is 0. The van der Waals surface area contributed by atoms with Gasteiger partial charge < -0.3 is 14.8 Å². The molecule has 6 nitrogen and oxygen atoms in total. The summed E-state index contributed by atoms with van der Waals surface area (Å²) in [5, 5.41) is 11.0. The van der Waals surface area contributed by atoms with Crippen LogP contribution in [0.25, 0.3) is 11.3 Å². The van der Waals surface area contributed by atoms with Gasteiger partial charge in [0, 0.05) is 17.3 Å². The van der Waals surface area contributed by atoms with Gasteiger partial charge in [-0.05, 0) is 48.7 Å². The quantitative estimate of drug-likeness (QED) is 0.603. The Kier molecular flexibility index (Phi) is 6.79. The van der Waals surface area contributed by atoms with Gasteiger partial charge in [0.25, 0.3) is 5.91 Å². The topological polar surface area (TPSA) is 73.3 Å². The van der Waals surface area contributed by atoms with E-state index >= 15 is 0 Å². The molecule has 0 saturated heterocycles. The molecule has 29 heavy (non-hydrogen) atoms. The minimum Gasteiger partial charge on any atom is -0.484 e. The molecule has 1 heterocycles. The first kappa shape index (κ1) is 20.3. The number of nitrogens with one attached hydrogen (secondary N) is 1. The number of hydrogen-bond donors (Lipinski definition) is 1. The average molecular weight is 391 g/mol. The highest BCUT2D eigenvalue weighted by Crippen LogP contribution is 2.21. The number of hydrogen-bond acceptors (Lipinski definition) is 5. The summed E-state index contributed by atoms with van der Waals surface area (Å²) in [6.45, 7) is 6.67. The number of carbonyl (C=O) groups excluding carboxylic acids is 1. The fourth-order valence-corrected chi connectivity index (χ4v) is 2.72. The van der Waals surface area contributed by atoms with Gasteiger partial charge >= 0.3 is 0 Å². The van der Waals surface area contributed by atoms with Crippen LogP contribution >= 0.6 is 0 Å². The lowest BCUT2D eigenvalue weighted by molar-refractivity contribution is -0.118. The SMILES string of the molecule is CCOc1ccc(-c2ccc(NC(=O)COc3ccc(C(C)C)cc3)cc2)nn1. The molecule has 0 unspecified atom stereocenters. The molecule has 0 aliphatic heterocycles. The maximum absolute atomic E-state index is 12.1. The average Bonchev–Trinajstić information content (AvgIpc) is 2.74. The summed E-state index contributed by atoms with van der Waals surface area (Å²) in [4.78, 5) is 12.1. The number of nitrogens with zero attached hydrogens (tertiary/aromatic N) is 2. The predicted octanol–water partition coefficient (Wildman–Crippen LogP) is 4.68. The molecular formula is C23H25N3O3. The molecular weight excluding hydrogens is 366 g/mol. The summed E-state index contributed by atoms with van der Waals surface area (Å²) in [5.74, 6) is 1.42. The Morgan fingerprint density at radius 3 is 2.24 bits per heavy atom. The third kappa shape index (κ3) is 5.78. The van der Waals surface area contributed by atoms with Gasteiger partial charge in [-0.25, -0.2) is 0 Å². The highest BCUT2D eigenvalue weighted by molar-refractivity contribution is 5.92. The zero-order valence-corrected chi connectivity index (χ0v) is 16.9. The summed E-state index contributed by atoms with van der Waals surface area (Å²) in [5.41, 5.74) is 3.56. The molecule has 1 N–H and O–H groups in total. The molecule has 0 aliphatic carbocycles. The van der Waals surface area contributed by atoms with E-state index in [0.717, 1.165) is 11.3 Å². The Balaban J connectivity index is 1.52. The van der Waals surface area contributed by atoms with Crippen molar-refractivity contribution in [3.63, 3.8) is 0 Å². The summed E-state index contributed by atoms with van der Waals surface area (Å²) in [6, 6.07) is 18.8. The van der Waals surface area contributed by atoms with Crippen LogP contribution in [0.4, 0.5) is 5.69 Å². The third-order valence-electron chi connectivity index (χ3n) is 4.31. The summed E-state index contributed by atoms with van der Waals surface area (Å²) in [7, 11) is 0. The highest BCUT2D eigenvalue weighted by Gasteiger charge is 2.06. The minimum atomic E-state index is -0.216. The third-order valence-corrected chi connectivity index (χ3v) is 4.31. The van der Waals surface area contributed by atoms with Gasteiger partial charge in [-0.1, -0.05) is 38.1 Å². The Labute approximate surface area is 170 Å². The van der Waals surface area contributed by atoms with Gasteiger partial charge in [-0.15, -0.1) is 10.2 Å². The standard InChI is InChI=1S/C23H25N3O3/c1-4-28-23-14-13-21(25-26-23)18-5-9-19(10-6-18)24-22(27)15-29-20-11-7-17(8-12-20)16(2)3/h5-14,16H,4,15H2,1-3H3,(H,24,27). The van der Waals surface area contributed by atoms with Crippen LogP contribution in [0.15, 0.2) is 60.7 Å². The first-order chi connectivity index (χ1) is 14.0. The second-order valence-corrected chi connectivity index (χ2v) is 6.83. The van der Waals surface area contributed by atoms with Crippen molar-refractivity contribution in [1.29, 1.82) is 0 Å². The number of ether oxygens (including phenoxy) is 2. The van der Waals surface area contributed by atoms with Crippen LogP contribution in [-0.2, 0) is 4.79 Å². The zero-order chi connectivity index (χ0) is 20.6. The van der Waals surface area contributed by atoms with Crippen molar-refractivity contribution in [1.82, 2.24) is 10.2 Å². The van der Waals surface area contributed by atoms with Crippen LogP contribution in [-0.4, -0.2) is 29.3 Å². The van der Waals surface area contributed by atoms with Crippen molar-refractivity contribution in [3.05, 3.63) is 66.2 Å². The lowest BCUT2D eigenvalue weighted by atomic mass is 10.0. The molecule has 1 aromatic heterocycles. The Morgan fingerprint density at radius 2 is 1.66 bits per heavy atom. The number of carbonyl (C=O) groups is 1. The molecule has 3 aromatic rings. The summed E-state index contributed by atoms with van der Waals surface area (Å²) < 4.78 is 10.9. The van der Waals surface area contributed by atoms with Gasteiger partial charge in [0.15, 0.2) is 6.61 Å². The van der Waals surface area contributed by atoms with Crippen LogP contribution in [0.5, 0.6) is 11.6 Å². The van der Waals surface area contributed by atoms with Gasteiger partial charge in [0.05, 0.1) is 12.3 Å². The van der Waals surface area contributed by atoms with Crippen LogP contribution in [0, 0.1) is 0 Å². The molecule has 0 radical (unpaired) electrons. The van der Waals surface area contributed by atoms with Crippen LogP contribution in [0.2, 0.25) is 0 Å². The Morgan fingerprint density at radius 1 is 0.931 bits per heavy atom. The normalized spacial score (nSPS) is 10.6. The maximum atomic E-state index is 12.1. The van der Waals surface area contributed by atoms with E-state index in [1.807, 2.05) is 61.5 Å². The van der Waals surface area contributed by atoms with Gasteiger partial charge in [0.2, 0.25) is 5.88 Å². The largest absolute Gasteiger partial charge is 0.484 e. The molecule has 0 saturated carbocycles. The molecule has 0 atom stereocenters. The highest BCUT2D eigenvalue weighted by atomic mass is 16.5. The van der Waals surface area contributed by atoms with Crippen LogP contribution < -0.4 is 14.8 Å². The van der Waals surface area contributed by atoms with Crippen molar-refractivity contribution in [2.24, 2.45) is 0 Å². The van der Waals surface area contributed by atoms with E-state index < -0.39 is 0 Å². The Bertz CT molecular complexity index is 921. The first-order valence-electron chi connectivity index (χ1n) is 9.64. The summed E-state index contributed by atoms with van der Waals surface area (Å²) in [6.07, 6.45) is 0. The number of anilines is 1. The van der Waals surface area contributed by atoms with Gasteiger partial charge in [-0.2, -0.15) is 0 Å². The van der Waals surface area contributed by atoms with Crippen molar-refractivity contribution in [2.45, 2.75) is 26.7 Å². The number of benzene rings is 2. The van der Waals surface area contributed by atoms with E-state index in [4.69, 9.17) is 9.47 Å². The molecule has 0 bridgehead atoms. The van der Waals surface area contributed by atoms with Crippen molar-refractivity contribution in [2.75, 3.05) is 18.5 Å². The number of amides is 1. The van der Waals surface area contributed by atoms with E-state index in [1.165, 1.54) is 5.56 Å². The Hall–Kier alpha value is -3.41. The van der Waals surface area contributed by atoms with Gasteiger partial charge in [-0.3, -0.25) is 4.79 Å². The van der Waals surface area contributed by atoms with E-state index in [1.54, 1.807) is 6.07 Å². The van der Waals surface area contributed by atoms with Crippen LogP contribution in [0.1, 0.15) is 32.3 Å². The number of aromatic nitrogens is 2. The van der Waals surface area contributed by atoms with Crippen molar-refractivity contribution in [3.8, 4) is 22.9 Å². The molecule has 1 amide bonds. The van der Waals surface area contributed by atoms with Crippen molar-refractivity contribution < 1.29 is 14.3 Å². The van der Waals surface area contributed by atoms with Crippen LogP contribution in [0.3, 0.4) is 0 Å². The number of rotatable bonds is 8. The van der Waals surface area contributed by atoms with E-state index in [-0.39, 0.29) is 12.5 Å². The lowest BCUT2D eigenvalue weighted by Gasteiger charge is -2.10. The monoisotopic (exact) mass is 391 g/mol. The zero-order valence-electron chi connectivity index (χ0n) is 16.9. The van der Waals surface area contributed by atoms with E-state index in [2.05, 4.69) is 29.4 Å².